The van der Waals surface area contributed by atoms with E-state index in [0.717, 1.165) is 108 Å². The van der Waals surface area contributed by atoms with Crippen LogP contribution in [0.4, 0.5) is 0 Å². The zero-order chi connectivity index (χ0) is 74.4. The van der Waals surface area contributed by atoms with Crippen LogP contribution in [0.1, 0.15) is 427 Å². The molecule has 0 aromatic heterocycles. The summed E-state index contributed by atoms with van der Waals surface area (Å²) in [4.78, 5) is 73.1. The Hall–Kier alpha value is -1.94. The smallest absolute Gasteiger partial charge is 0.462 e. The minimum Gasteiger partial charge on any atom is -0.462 e. The lowest BCUT2D eigenvalue weighted by Gasteiger charge is -2.21. The fourth-order valence-electron chi connectivity index (χ4n) is 12.7. The van der Waals surface area contributed by atoms with Gasteiger partial charge in [-0.1, -0.05) is 376 Å². The maximum atomic E-state index is 13.1. The monoisotopic (exact) mass is 1480 g/mol. The van der Waals surface area contributed by atoms with Gasteiger partial charge in [-0.05, 0) is 43.4 Å². The Labute approximate surface area is 619 Å². The lowest BCUT2D eigenvalue weighted by atomic mass is 10.0. The predicted octanol–water partition coefficient (Wildman–Crippen LogP) is 24.5. The van der Waals surface area contributed by atoms with E-state index in [4.69, 9.17) is 37.0 Å². The van der Waals surface area contributed by atoms with Gasteiger partial charge < -0.3 is 33.8 Å². The number of carbonyl (C=O) groups excluding carboxylic acids is 4. The predicted molar refractivity (Wildman–Crippen MR) is 414 cm³/mol. The SMILES string of the molecule is CCCCCCCCCCCCCCCCCC(=O)O[C@H](COC(=O)CCCCCCCCCC(C)C)COP(=O)(O)OC[C@H](O)COP(=O)(O)OC[C@@H](COC(=O)CCCCCCCCCCCCCCCCC(C)C)OC(=O)CCCCCCCCCCCCCCCCCCC(C)C. The van der Waals surface area contributed by atoms with E-state index in [1.54, 1.807) is 0 Å². The number of rotatable bonds is 80. The molecule has 0 rings (SSSR count). The summed E-state index contributed by atoms with van der Waals surface area (Å²) in [6, 6.07) is 0. The molecule has 0 amide bonds. The normalized spacial score (nSPS) is 14.0. The van der Waals surface area contributed by atoms with Crippen molar-refractivity contribution < 1.29 is 80.2 Å². The van der Waals surface area contributed by atoms with E-state index in [2.05, 4.69) is 48.5 Å². The molecule has 19 heteroatoms. The molecule has 0 aliphatic carbocycles. The summed E-state index contributed by atoms with van der Waals surface area (Å²) in [5.41, 5.74) is 0. The maximum Gasteiger partial charge on any atom is 0.472 e. The van der Waals surface area contributed by atoms with E-state index in [0.29, 0.717) is 31.6 Å². The third kappa shape index (κ3) is 76.1. The second-order valence-electron chi connectivity index (χ2n) is 30.9. The lowest BCUT2D eigenvalue weighted by Crippen LogP contribution is -2.30. The first-order valence-electron chi connectivity index (χ1n) is 42.3. The topological polar surface area (TPSA) is 237 Å². The van der Waals surface area contributed by atoms with Crippen LogP contribution in [-0.4, -0.2) is 96.7 Å². The summed E-state index contributed by atoms with van der Waals surface area (Å²) < 4.78 is 68.8. The summed E-state index contributed by atoms with van der Waals surface area (Å²) in [5, 5.41) is 10.6. The molecule has 0 saturated carbocycles. The first kappa shape index (κ1) is 99.1. The molecular formula is C82H160O17P2. The van der Waals surface area contributed by atoms with Crippen LogP contribution in [0.15, 0.2) is 0 Å². The quantitative estimate of drug-likeness (QED) is 0.0222. The van der Waals surface area contributed by atoms with Gasteiger partial charge in [-0.25, -0.2) is 9.13 Å². The molecule has 0 aliphatic rings. The molecule has 0 fully saturated rings. The number of esters is 4. The lowest BCUT2D eigenvalue weighted by molar-refractivity contribution is -0.161. The second kappa shape index (κ2) is 72.3. The van der Waals surface area contributed by atoms with Gasteiger partial charge >= 0.3 is 39.5 Å². The average molecular weight is 1480 g/mol. The highest BCUT2D eigenvalue weighted by molar-refractivity contribution is 7.47. The number of hydrogen-bond acceptors (Lipinski definition) is 15. The van der Waals surface area contributed by atoms with Gasteiger partial charge in [-0.2, -0.15) is 0 Å². The van der Waals surface area contributed by atoms with Crippen molar-refractivity contribution in [1.29, 1.82) is 0 Å². The zero-order valence-corrected chi connectivity index (χ0v) is 68.2. The van der Waals surface area contributed by atoms with E-state index in [1.807, 2.05) is 0 Å². The summed E-state index contributed by atoms with van der Waals surface area (Å²) in [5.74, 6) is 0.204. The Morgan fingerprint density at radius 1 is 0.267 bits per heavy atom. The molecule has 0 heterocycles. The van der Waals surface area contributed by atoms with Crippen LogP contribution in [0.3, 0.4) is 0 Å². The highest BCUT2D eigenvalue weighted by Gasteiger charge is 2.30. The number of hydrogen-bond donors (Lipinski definition) is 3. The van der Waals surface area contributed by atoms with Crippen molar-refractivity contribution in [2.45, 2.75) is 446 Å². The Kier molecular flexibility index (Phi) is 70.9. The largest absolute Gasteiger partial charge is 0.472 e. The summed E-state index contributed by atoms with van der Waals surface area (Å²) in [7, 11) is -9.92. The second-order valence-corrected chi connectivity index (χ2v) is 33.8. The Morgan fingerprint density at radius 3 is 0.673 bits per heavy atom. The van der Waals surface area contributed by atoms with Gasteiger partial charge in [0.25, 0.3) is 0 Å². The molecule has 0 bridgehead atoms. The summed E-state index contributed by atoms with van der Waals surface area (Å²) >= 11 is 0. The molecule has 101 heavy (non-hydrogen) atoms. The first-order chi connectivity index (χ1) is 48.7. The highest BCUT2D eigenvalue weighted by Crippen LogP contribution is 2.45. The van der Waals surface area contributed by atoms with Crippen molar-refractivity contribution in [3.63, 3.8) is 0 Å². The van der Waals surface area contributed by atoms with Gasteiger partial charge in [0.15, 0.2) is 12.2 Å². The number of phosphoric ester groups is 2. The third-order valence-corrected chi connectivity index (χ3v) is 21.0. The van der Waals surface area contributed by atoms with Crippen molar-refractivity contribution in [3.05, 3.63) is 0 Å². The maximum absolute atomic E-state index is 13.1. The number of phosphoric acid groups is 2. The molecule has 3 N–H and O–H groups in total. The van der Waals surface area contributed by atoms with Crippen molar-refractivity contribution in [2.75, 3.05) is 39.6 Å². The van der Waals surface area contributed by atoms with Crippen LogP contribution in [0, 0.1) is 17.8 Å². The number of aliphatic hydroxyl groups excluding tert-OH is 1. The van der Waals surface area contributed by atoms with Crippen LogP contribution in [0.5, 0.6) is 0 Å². The molecule has 0 aromatic carbocycles. The Morgan fingerprint density at radius 2 is 0.455 bits per heavy atom. The van der Waals surface area contributed by atoms with Crippen LogP contribution in [-0.2, 0) is 65.4 Å². The molecule has 600 valence electrons. The van der Waals surface area contributed by atoms with Gasteiger partial charge in [0.2, 0.25) is 0 Å². The number of ether oxygens (including phenoxy) is 4. The van der Waals surface area contributed by atoms with Gasteiger partial charge in [0.1, 0.15) is 19.3 Å². The molecule has 0 aliphatic heterocycles. The van der Waals surface area contributed by atoms with Crippen LogP contribution >= 0.6 is 15.6 Å². The van der Waals surface area contributed by atoms with E-state index < -0.39 is 97.5 Å². The number of carbonyl (C=O) groups is 4. The third-order valence-electron chi connectivity index (χ3n) is 19.1. The summed E-state index contributed by atoms with van der Waals surface area (Å²) in [6.45, 7) is 12.0. The van der Waals surface area contributed by atoms with Crippen molar-refractivity contribution in [2.24, 2.45) is 17.8 Å². The van der Waals surface area contributed by atoms with Gasteiger partial charge in [-0.15, -0.1) is 0 Å². The molecule has 2 unspecified atom stereocenters. The number of unbranched alkanes of at least 4 members (excludes halogenated alkanes) is 48. The molecule has 0 aromatic rings. The van der Waals surface area contributed by atoms with Gasteiger partial charge in [0.05, 0.1) is 26.4 Å². The molecule has 0 spiro atoms. The van der Waals surface area contributed by atoms with Crippen molar-refractivity contribution >= 4 is 39.5 Å². The Bertz CT molecular complexity index is 1960. The van der Waals surface area contributed by atoms with Gasteiger partial charge in [0, 0.05) is 25.7 Å². The van der Waals surface area contributed by atoms with E-state index in [1.165, 1.54) is 231 Å². The Balaban J connectivity index is 5.24. The fraction of sp³-hybridized carbons (Fsp3) is 0.951. The first-order valence-corrected chi connectivity index (χ1v) is 45.3. The average Bonchev–Trinajstić information content (AvgIpc) is 0.971. The van der Waals surface area contributed by atoms with Crippen molar-refractivity contribution in [1.82, 2.24) is 0 Å². The van der Waals surface area contributed by atoms with E-state index in [-0.39, 0.29) is 25.7 Å². The minimum atomic E-state index is -4.96. The fourth-order valence-corrected chi connectivity index (χ4v) is 14.2. The molecule has 0 radical (unpaired) electrons. The standard InChI is InChI=1S/C82H160O17P2/c1-8-9-10-11-12-13-14-15-18-26-31-36-43-51-58-65-82(87)99-78(70-93-80(85)64-57-50-45-38-41-48-55-62-75(6)7)72-97-101(90,91)95-68-76(83)67-94-100(88,89)96-71-77(69-92-79(84)63-56-49-42-35-30-25-22-21-24-29-34-40-47-54-61-74(4)5)98-81(86)66-59-52-44-37-32-27-20-17-16-19-23-28-33-39-46-53-60-73(2)3/h73-78,83H,8-72H2,1-7H3,(H,88,89)(H,90,91)/t76-,77-,78-/m1/s1. The molecule has 17 nitrogen and oxygen atoms in total. The zero-order valence-electron chi connectivity index (χ0n) is 66.4. The van der Waals surface area contributed by atoms with Crippen LogP contribution in [0.2, 0.25) is 0 Å². The van der Waals surface area contributed by atoms with Crippen LogP contribution < -0.4 is 0 Å². The minimum absolute atomic E-state index is 0.107. The van der Waals surface area contributed by atoms with Gasteiger partial charge in [-0.3, -0.25) is 37.3 Å². The number of aliphatic hydroxyl groups is 1. The van der Waals surface area contributed by atoms with Crippen LogP contribution in [0.25, 0.3) is 0 Å². The van der Waals surface area contributed by atoms with E-state index in [9.17, 15) is 43.2 Å². The molecule has 0 saturated heterocycles. The van der Waals surface area contributed by atoms with Crippen molar-refractivity contribution in [3.8, 4) is 0 Å². The highest BCUT2D eigenvalue weighted by atomic mass is 31.2. The summed E-state index contributed by atoms with van der Waals surface area (Å²) in [6.07, 6.45) is 61.1. The molecule has 5 atom stereocenters. The van der Waals surface area contributed by atoms with E-state index >= 15 is 0 Å². The molecular weight excluding hydrogens is 1320 g/mol.